The number of rotatable bonds is 9. The first kappa shape index (κ1) is 25.9. The zero-order valence-corrected chi connectivity index (χ0v) is 22.2. The Balaban J connectivity index is 2.00. The van der Waals surface area contributed by atoms with Crippen molar-refractivity contribution in [3.63, 3.8) is 0 Å². The van der Waals surface area contributed by atoms with Gasteiger partial charge in [-0.05, 0) is 72.9 Å². The van der Waals surface area contributed by atoms with Gasteiger partial charge < -0.3 is 13.9 Å². The van der Waals surface area contributed by atoms with Crippen LogP contribution in [0, 0.1) is 22.7 Å². The van der Waals surface area contributed by atoms with Gasteiger partial charge in [-0.1, -0.05) is 48.0 Å². The molecule has 4 nitrogen and oxygen atoms in total. The van der Waals surface area contributed by atoms with Crippen LogP contribution >= 0.6 is 0 Å². The van der Waals surface area contributed by atoms with Crippen molar-refractivity contribution in [3.05, 3.63) is 0 Å². The van der Waals surface area contributed by atoms with Gasteiger partial charge in [0.15, 0.2) is 8.32 Å². The summed E-state index contributed by atoms with van der Waals surface area (Å²) in [5, 5.41) is 0.260. The zero-order chi connectivity index (χ0) is 22.8. The van der Waals surface area contributed by atoms with Crippen LogP contribution in [-0.4, -0.2) is 40.7 Å². The molecule has 0 aliphatic heterocycles. The first-order valence-electron chi connectivity index (χ1n) is 12.1. The molecule has 0 bridgehead atoms. The molecule has 0 N–H and O–H groups in total. The van der Waals surface area contributed by atoms with E-state index in [9.17, 15) is 4.79 Å². The van der Waals surface area contributed by atoms with E-state index in [0.717, 1.165) is 13.0 Å². The summed E-state index contributed by atoms with van der Waals surface area (Å²) >= 11 is 0. The van der Waals surface area contributed by atoms with Gasteiger partial charge in [-0.15, -0.1) is 0 Å². The smallest absolute Gasteiger partial charge is 0.305 e. The van der Waals surface area contributed by atoms with Crippen LogP contribution in [0.3, 0.4) is 0 Å². The Morgan fingerprint density at radius 1 is 1.10 bits per heavy atom. The fraction of sp³-hybridized carbons (Fsp3) is 0.960. The van der Waals surface area contributed by atoms with Crippen molar-refractivity contribution in [2.45, 2.75) is 111 Å². The Morgan fingerprint density at radius 3 is 2.37 bits per heavy atom. The van der Waals surface area contributed by atoms with Gasteiger partial charge in [0.1, 0.15) is 0 Å². The molecule has 0 aromatic carbocycles. The van der Waals surface area contributed by atoms with Crippen LogP contribution in [0.2, 0.25) is 18.1 Å². The van der Waals surface area contributed by atoms with Crippen LogP contribution in [0.15, 0.2) is 0 Å². The van der Waals surface area contributed by atoms with Crippen LogP contribution in [0.5, 0.6) is 0 Å². The van der Waals surface area contributed by atoms with Crippen LogP contribution in [0.4, 0.5) is 0 Å². The summed E-state index contributed by atoms with van der Waals surface area (Å²) in [7, 11) is -0.318. The third-order valence-electron chi connectivity index (χ3n) is 8.63. The molecule has 0 heterocycles. The van der Waals surface area contributed by atoms with Crippen molar-refractivity contribution in [2.75, 3.05) is 20.3 Å². The number of fused-ring (bicyclic) bond motifs is 1. The van der Waals surface area contributed by atoms with E-state index < -0.39 is 8.32 Å². The average Bonchev–Trinajstić information content (AvgIpc) is 2.98. The lowest BCUT2D eigenvalue weighted by Gasteiger charge is -2.51. The first-order valence-corrected chi connectivity index (χ1v) is 15.0. The number of hydrogen-bond acceptors (Lipinski definition) is 4. The Hall–Kier alpha value is -0.393. The molecule has 5 heteroatoms. The molecular formula is C25H48O4Si. The quantitative estimate of drug-likeness (QED) is 0.230. The standard InChI is InChI=1S/C25H48O4Si/c1-23(2,3)30(8,9)29-20-12-10-16-25(6)19(20)14-15-21(25)24(4,5)18-28-17-11-13-22(26)27-7/h19-21H,10-18H2,1-9H3. The monoisotopic (exact) mass is 440 g/mol. The van der Waals surface area contributed by atoms with Crippen molar-refractivity contribution in [2.24, 2.45) is 22.7 Å². The van der Waals surface area contributed by atoms with E-state index >= 15 is 0 Å². The Morgan fingerprint density at radius 2 is 1.77 bits per heavy atom. The molecule has 2 saturated carbocycles. The second-order valence-corrected chi connectivity index (χ2v) is 17.0. The van der Waals surface area contributed by atoms with E-state index in [0.29, 0.717) is 36.4 Å². The Labute approximate surface area is 186 Å². The maximum atomic E-state index is 11.3. The molecule has 0 amide bonds. The van der Waals surface area contributed by atoms with Crippen molar-refractivity contribution < 1.29 is 18.7 Å². The van der Waals surface area contributed by atoms with E-state index in [2.05, 4.69) is 54.6 Å². The molecule has 0 aromatic rings. The predicted molar refractivity (Wildman–Crippen MR) is 126 cm³/mol. The number of ether oxygens (including phenoxy) is 2. The van der Waals surface area contributed by atoms with Crippen molar-refractivity contribution in [1.29, 1.82) is 0 Å². The van der Waals surface area contributed by atoms with Crippen molar-refractivity contribution in [1.82, 2.24) is 0 Å². The van der Waals surface area contributed by atoms with Crippen LogP contribution in [0.25, 0.3) is 0 Å². The molecule has 4 unspecified atom stereocenters. The summed E-state index contributed by atoms with van der Waals surface area (Å²) in [5.74, 6) is 1.17. The second-order valence-electron chi connectivity index (χ2n) is 12.3. The molecule has 0 aromatic heterocycles. The normalized spacial score (nSPS) is 30.2. The van der Waals surface area contributed by atoms with E-state index in [4.69, 9.17) is 13.9 Å². The number of esters is 1. The van der Waals surface area contributed by atoms with E-state index in [1.54, 1.807) is 0 Å². The summed E-state index contributed by atoms with van der Waals surface area (Å²) in [5.41, 5.74) is 0.470. The van der Waals surface area contributed by atoms with Gasteiger partial charge in [-0.25, -0.2) is 0 Å². The molecule has 2 aliphatic rings. The molecule has 2 rings (SSSR count). The second kappa shape index (κ2) is 9.62. The first-order chi connectivity index (χ1) is 13.7. The van der Waals surface area contributed by atoms with Crippen LogP contribution < -0.4 is 0 Å². The topological polar surface area (TPSA) is 44.8 Å². The molecule has 0 radical (unpaired) electrons. The van der Waals surface area contributed by atoms with Crippen LogP contribution in [0.1, 0.15) is 86.5 Å². The average molecular weight is 441 g/mol. The molecule has 176 valence electrons. The molecule has 0 saturated heterocycles. The van der Waals surface area contributed by atoms with Crippen LogP contribution in [-0.2, 0) is 18.7 Å². The highest BCUT2D eigenvalue weighted by molar-refractivity contribution is 6.74. The SMILES string of the molecule is COC(=O)CCCOCC(C)(C)C1CCC2C(O[Si](C)(C)C(C)(C)C)CCCC21C. The number of carbonyl (C=O) groups is 1. The third kappa shape index (κ3) is 5.69. The minimum absolute atomic E-state index is 0.133. The number of hydrogen-bond donors (Lipinski definition) is 0. The minimum atomic E-state index is -1.76. The van der Waals surface area contributed by atoms with Gasteiger partial charge in [0.05, 0.1) is 13.7 Å². The molecule has 0 spiro atoms. The fourth-order valence-corrected chi connectivity index (χ4v) is 7.35. The van der Waals surface area contributed by atoms with E-state index in [1.165, 1.54) is 39.2 Å². The fourth-order valence-electron chi connectivity index (χ4n) is 5.96. The summed E-state index contributed by atoms with van der Waals surface area (Å²) in [6.07, 6.45) is 7.96. The maximum Gasteiger partial charge on any atom is 0.305 e. The van der Waals surface area contributed by atoms with Gasteiger partial charge in [0.2, 0.25) is 0 Å². The van der Waals surface area contributed by atoms with E-state index in [1.807, 2.05) is 0 Å². The van der Waals surface area contributed by atoms with Gasteiger partial charge >= 0.3 is 5.97 Å². The van der Waals surface area contributed by atoms with Gasteiger partial charge in [0, 0.05) is 19.1 Å². The Bertz CT molecular complexity index is 580. The third-order valence-corrected chi connectivity index (χ3v) is 13.1. The highest BCUT2D eigenvalue weighted by Crippen LogP contribution is 2.61. The molecule has 2 aliphatic carbocycles. The van der Waals surface area contributed by atoms with Gasteiger partial charge in [0.25, 0.3) is 0 Å². The number of methoxy groups -OCH3 is 1. The lowest BCUT2D eigenvalue weighted by atomic mass is 9.58. The van der Waals surface area contributed by atoms with Crippen molar-refractivity contribution in [3.8, 4) is 0 Å². The van der Waals surface area contributed by atoms with Crippen molar-refractivity contribution >= 4 is 14.3 Å². The highest BCUT2D eigenvalue weighted by atomic mass is 28.4. The minimum Gasteiger partial charge on any atom is -0.469 e. The lowest BCUT2D eigenvalue weighted by molar-refractivity contribution is -0.141. The van der Waals surface area contributed by atoms with Gasteiger partial charge in [-0.3, -0.25) is 4.79 Å². The Kier molecular flexibility index (Phi) is 8.29. The summed E-state index contributed by atoms with van der Waals surface area (Å²) in [6, 6.07) is 0. The summed E-state index contributed by atoms with van der Waals surface area (Å²) < 4.78 is 17.8. The summed E-state index contributed by atoms with van der Waals surface area (Å²) in [6.45, 7) is 20.5. The van der Waals surface area contributed by atoms with E-state index in [-0.39, 0.29) is 16.4 Å². The maximum absolute atomic E-state index is 11.3. The molecule has 2 fully saturated rings. The number of carbonyl (C=O) groups excluding carboxylic acids is 1. The molecule has 30 heavy (non-hydrogen) atoms. The summed E-state index contributed by atoms with van der Waals surface area (Å²) in [4.78, 5) is 11.3. The predicted octanol–water partition coefficient (Wildman–Crippen LogP) is 6.59. The van der Waals surface area contributed by atoms with Gasteiger partial charge in [-0.2, -0.15) is 0 Å². The zero-order valence-electron chi connectivity index (χ0n) is 21.2. The lowest BCUT2D eigenvalue weighted by Crippen LogP contribution is -2.51. The highest BCUT2D eigenvalue weighted by Gasteiger charge is 2.56. The molecule has 4 atom stereocenters. The molecular weight excluding hydrogens is 392 g/mol. The largest absolute Gasteiger partial charge is 0.469 e.